The first kappa shape index (κ1) is 15.9. The number of Topliss-reactive ketones (excluding diaryl/α,β-unsaturated/α-hetero) is 1. The van der Waals surface area contributed by atoms with Crippen LogP contribution in [0.3, 0.4) is 0 Å². The lowest BCUT2D eigenvalue weighted by Crippen LogP contribution is -2.34. The molecule has 2 N–H and O–H groups in total. The number of hydrogen-bond donors (Lipinski definition) is 2. The predicted octanol–water partition coefficient (Wildman–Crippen LogP) is 1.21. The number of aryl methyl sites for hydroxylation is 1. The van der Waals surface area contributed by atoms with E-state index in [1.807, 2.05) is 19.1 Å². The zero-order valence-electron chi connectivity index (χ0n) is 11.9. The Kier molecular flexibility index (Phi) is 6.43. The Labute approximate surface area is 118 Å². The molecule has 0 saturated heterocycles. The number of amides is 2. The summed E-state index contributed by atoms with van der Waals surface area (Å²) < 4.78 is 0. The number of nitrogens with one attached hydrogen (secondary N) is 2. The first-order valence-electron chi connectivity index (χ1n) is 6.60. The molecule has 0 spiro atoms. The van der Waals surface area contributed by atoms with E-state index < -0.39 is 0 Å². The zero-order chi connectivity index (χ0) is 15.0. The third-order valence-corrected chi connectivity index (χ3v) is 2.75. The number of hydrogen-bond acceptors (Lipinski definition) is 3. The van der Waals surface area contributed by atoms with Gasteiger partial charge in [-0.25, -0.2) is 0 Å². The lowest BCUT2D eigenvalue weighted by atomic mass is 10.1. The van der Waals surface area contributed by atoms with Crippen LogP contribution < -0.4 is 10.6 Å². The molecule has 108 valence electrons. The van der Waals surface area contributed by atoms with Crippen LogP contribution in [0, 0.1) is 6.92 Å². The monoisotopic (exact) mass is 276 g/mol. The molecule has 0 aliphatic carbocycles. The lowest BCUT2D eigenvalue weighted by Gasteiger charge is -2.07. The van der Waals surface area contributed by atoms with Gasteiger partial charge in [-0.3, -0.25) is 9.59 Å². The molecule has 20 heavy (non-hydrogen) atoms. The van der Waals surface area contributed by atoms with E-state index in [0.717, 1.165) is 5.56 Å². The molecule has 5 heteroatoms. The van der Waals surface area contributed by atoms with Crippen molar-refractivity contribution < 1.29 is 14.4 Å². The maximum absolute atomic E-state index is 11.7. The summed E-state index contributed by atoms with van der Waals surface area (Å²) in [4.78, 5) is 33.8. The van der Waals surface area contributed by atoms with E-state index in [-0.39, 0.29) is 30.4 Å². The Morgan fingerprint density at radius 2 is 1.55 bits per heavy atom. The van der Waals surface area contributed by atoms with Gasteiger partial charge in [-0.15, -0.1) is 0 Å². The second-order valence-corrected chi connectivity index (χ2v) is 4.67. The van der Waals surface area contributed by atoms with Gasteiger partial charge < -0.3 is 15.4 Å². The molecule has 0 aromatic heterocycles. The van der Waals surface area contributed by atoms with Crippen molar-refractivity contribution in [2.45, 2.75) is 26.7 Å². The Bertz CT molecular complexity index is 480. The van der Waals surface area contributed by atoms with Crippen LogP contribution in [0.15, 0.2) is 24.3 Å². The second-order valence-electron chi connectivity index (χ2n) is 4.67. The van der Waals surface area contributed by atoms with E-state index in [9.17, 15) is 14.4 Å². The van der Waals surface area contributed by atoms with Crippen molar-refractivity contribution in [1.82, 2.24) is 10.6 Å². The van der Waals surface area contributed by atoms with E-state index >= 15 is 0 Å². The average Bonchev–Trinajstić information content (AvgIpc) is 2.42. The molecule has 0 heterocycles. The van der Waals surface area contributed by atoms with E-state index in [1.54, 1.807) is 12.1 Å². The van der Waals surface area contributed by atoms with Crippen molar-refractivity contribution >= 4 is 17.6 Å². The molecule has 5 nitrogen and oxygen atoms in total. The smallest absolute Gasteiger partial charge is 0.251 e. The molecule has 0 bridgehead atoms. The number of carbonyl (C=O) groups excluding carboxylic acids is 3. The van der Waals surface area contributed by atoms with Crippen molar-refractivity contribution in [1.29, 1.82) is 0 Å². The first-order chi connectivity index (χ1) is 9.49. The van der Waals surface area contributed by atoms with Gasteiger partial charge in [-0.05, 0) is 26.0 Å². The van der Waals surface area contributed by atoms with Crippen LogP contribution in [-0.2, 0) is 9.59 Å². The van der Waals surface area contributed by atoms with Crippen LogP contribution >= 0.6 is 0 Å². The van der Waals surface area contributed by atoms with Gasteiger partial charge in [0.2, 0.25) is 5.91 Å². The lowest BCUT2D eigenvalue weighted by molar-refractivity contribution is -0.124. The van der Waals surface area contributed by atoms with Crippen molar-refractivity contribution in [2.24, 2.45) is 0 Å². The van der Waals surface area contributed by atoms with Crippen molar-refractivity contribution in [2.75, 3.05) is 13.1 Å². The summed E-state index contributed by atoms with van der Waals surface area (Å²) in [5.74, 6) is -0.347. The third-order valence-electron chi connectivity index (χ3n) is 2.75. The molecule has 0 aliphatic rings. The summed E-state index contributed by atoms with van der Waals surface area (Å²) in [6.45, 7) is 4.13. The van der Waals surface area contributed by atoms with Gasteiger partial charge in [0, 0.05) is 31.5 Å². The van der Waals surface area contributed by atoms with Gasteiger partial charge >= 0.3 is 0 Å². The maximum atomic E-state index is 11.7. The molecule has 1 aromatic carbocycles. The van der Waals surface area contributed by atoms with Gasteiger partial charge in [0.25, 0.3) is 5.91 Å². The summed E-state index contributed by atoms with van der Waals surface area (Å²) in [5.41, 5.74) is 1.69. The highest BCUT2D eigenvalue weighted by Gasteiger charge is 2.05. The fourth-order valence-electron chi connectivity index (χ4n) is 1.56. The number of ketones is 1. The topological polar surface area (TPSA) is 75.3 Å². The Morgan fingerprint density at radius 3 is 2.15 bits per heavy atom. The summed E-state index contributed by atoms with van der Waals surface area (Å²) in [7, 11) is 0. The molecule has 0 fully saturated rings. The van der Waals surface area contributed by atoms with Crippen LogP contribution in [0.4, 0.5) is 0 Å². The Hall–Kier alpha value is -2.17. The van der Waals surface area contributed by atoms with Crippen molar-refractivity contribution in [3.05, 3.63) is 35.4 Å². The average molecular weight is 276 g/mol. The fraction of sp³-hybridized carbons (Fsp3) is 0.400. The molecule has 0 atom stereocenters. The van der Waals surface area contributed by atoms with E-state index in [4.69, 9.17) is 0 Å². The van der Waals surface area contributed by atoms with Crippen LogP contribution in [0.1, 0.15) is 35.7 Å². The van der Waals surface area contributed by atoms with E-state index in [1.165, 1.54) is 6.92 Å². The number of carbonyl (C=O) groups is 3. The SMILES string of the molecule is CC(=O)CCC(=O)NCCNC(=O)c1ccc(C)cc1. The highest BCUT2D eigenvalue weighted by molar-refractivity contribution is 5.94. The summed E-state index contributed by atoms with van der Waals surface area (Å²) >= 11 is 0. The molecule has 0 aliphatic heterocycles. The standard InChI is InChI=1S/C15H20N2O3/c1-11-3-6-13(7-4-11)15(20)17-10-9-16-14(19)8-5-12(2)18/h3-4,6-7H,5,8-10H2,1-2H3,(H,16,19)(H,17,20). The quantitative estimate of drug-likeness (QED) is 0.735. The maximum Gasteiger partial charge on any atom is 0.251 e. The summed E-state index contributed by atoms with van der Waals surface area (Å²) in [6.07, 6.45) is 0.447. The highest BCUT2D eigenvalue weighted by atomic mass is 16.2. The van der Waals surface area contributed by atoms with Crippen LogP contribution in [0.5, 0.6) is 0 Å². The van der Waals surface area contributed by atoms with Crippen LogP contribution in [0.2, 0.25) is 0 Å². The third kappa shape index (κ3) is 6.13. The summed E-state index contributed by atoms with van der Waals surface area (Å²) in [6, 6.07) is 7.27. The zero-order valence-corrected chi connectivity index (χ0v) is 11.9. The van der Waals surface area contributed by atoms with Gasteiger partial charge in [-0.1, -0.05) is 17.7 Å². The minimum Gasteiger partial charge on any atom is -0.354 e. The fourth-order valence-corrected chi connectivity index (χ4v) is 1.56. The molecule has 2 amide bonds. The molecular weight excluding hydrogens is 256 g/mol. The van der Waals surface area contributed by atoms with Gasteiger partial charge in [0.15, 0.2) is 0 Å². The summed E-state index contributed by atoms with van der Waals surface area (Å²) in [5, 5.41) is 5.37. The van der Waals surface area contributed by atoms with E-state index in [0.29, 0.717) is 18.7 Å². The largest absolute Gasteiger partial charge is 0.354 e. The molecule has 1 aromatic rings. The normalized spacial score (nSPS) is 9.90. The van der Waals surface area contributed by atoms with E-state index in [2.05, 4.69) is 10.6 Å². The second kappa shape index (κ2) is 8.09. The van der Waals surface area contributed by atoms with Crippen molar-refractivity contribution in [3.8, 4) is 0 Å². The minimum atomic E-state index is -0.176. The molecule has 0 saturated carbocycles. The molecule has 0 unspecified atom stereocenters. The number of benzene rings is 1. The number of rotatable bonds is 7. The predicted molar refractivity (Wildman–Crippen MR) is 76.4 cm³/mol. The van der Waals surface area contributed by atoms with Gasteiger partial charge in [0.05, 0.1) is 0 Å². The first-order valence-corrected chi connectivity index (χ1v) is 6.60. The molecule has 1 rings (SSSR count). The van der Waals surface area contributed by atoms with Crippen molar-refractivity contribution in [3.63, 3.8) is 0 Å². The highest BCUT2D eigenvalue weighted by Crippen LogP contribution is 2.02. The van der Waals surface area contributed by atoms with Gasteiger partial charge in [0.1, 0.15) is 5.78 Å². The minimum absolute atomic E-state index is 0.00664. The van der Waals surface area contributed by atoms with Crippen LogP contribution in [-0.4, -0.2) is 30.7 Å². The Morgan fingerprint density at radius 1 is 0.950 bits per heavy atom. The Balaban J connectivity index is 2.20. The van der Waals surface area contributed by atoms with Gasteiger partial charge in [-0.2, -0.15) is 0 Å². The molecular formula is C15H20N2O3. The van der Waals surface area contributed by atoms with Crippen LogP contribution in [0.25, 0.3) is 0 Å². The molecule has 0 radical (unpaired) electrons.